The predicted octanol–water partition coefficient (Wildman–Crippen LogP) is 2.19. The van der Waals surface area contributed by atoms with Gasteiger partial charge in [-0.3, -0.25) is 4.98 Å². The molecule has 0 unspecified atom stereocenters. The lowest BCUT2D eigenvalue weighted by molar-refractivity contribution is -0.521. The molecule has 0 aliphatic heterocycles. The van der Waals surface area contributed by atoms with E-state index in [9.17, 15) is 0 Å². The maximum atomic E-state index is 5.82. The Bertz CT molecular complexity index is 419. The van der Waals surface area contributed by atoms with E-state index in [1.54, 1.807) is 12.4 Å². The molecule has 3 heteroatoms. The lowest BCUT2D eigenvalue weighted by Gasteiger charge is -1.99. The van der Waals surface area contributed by atoms with Crippen molar-refractivity contribution in [2.24, 2.45) is 5.92 Å². The SMILES string of the molecule is C=[N+](CCC=Cc1cnccc1N)CC1CC1. The number of rotatable bonds is 6. The summed E-state index contributed by atoms with van der Waals surface area (Å²) in [5.41, 5.74) is 7.59. The number of aromatic nitrogens is 1. The first kappa shape index (κ1) is 11.8. The average molecular weight is 230 g/mol. The van der Waals surface area contributed by atoms with Gasteiger partial charge < -0.3 is 5.73 Å². The van der Waals surface area contributed by atoms with Gasteiger partial charge >= 0.3 is 0 Å². The van der Waals surface area contributed by atoms with Crippen molar-refractivity contribution in [3.63, 3.8) is 0 Å². The summed E-state index contributed by atoms with van der Waals surface area (Å²) in [6, 6.07) is 1.82. The van der Waals surface area contributed by atoms with Gasteiger partial charge in [0.1, 0.15) is 19.8 Å². The number of hydrogen-bond donors (Lipinski definition) is 1. The van der Waals surface area contributed by atoms with E-state index in [1.807, 2.05) is 12.1 Å². The Kier molecular flexibility index (Phi) is 3.91. The summed E-state index contributed by atoms with van der Waals surface area (Å²) in [6.45, 7) is 6.19. The topological polar surface area (TPSA) is 41.9 Å². The van der Waals surface area contributed by atoms with E-state index in [2.05, 4.69) is 22.4 Å². The highest BCUT2D eigenvalue weighted by Gasteiger charge is 2.25. The van der Waals surface area contributed by atoms with Crippen LogP contribution in [0.1, 0.15) is 24.8 Å². The van der Waals surface area contributed by atoms with Crippen molar-refractivity contribution in [3.8, 4) is 0 Å². The Hall–Kier alpha value is -1.64. The molecule has 17 heavy (non-hydrogen) atoms. The zero-order valence-electron chi connectivity index (χ0n) is 10.2. The molecule has 1 aromatic rings. The lowest BCUT2D eigenvalue weighted by Crippen LogP contribution is -2.13. The molecule has 1 heterocycles. The molecule has 0 aromatic carbocycles. The molecule has 1 aliphatic rings. The minimum Gasteiger partial charge on any atom is -0.398 e. The van der Waals surface area contributed by atoms with E-state index in [4.69, 9.17) is 5.73 Å². The monoisotopic (exact) mass is 230 g/mol. The molecule has 1 fully saturated rings. The molecular weight excluding hydrogens is 210 g/mol. The summed E-state index contributed by atoms with van der Waals surface area (Å²) in [7, 11) is 0. The smallest absolute Gasteiger partial charge is 0.145 e. The molecule has 2 N–H and O–H groups in total. The fraction of sp³-hybridized carbons (Fsp3) is 0.429. The van der Waals surface area contributed by atoms with Crippen molar-refractivity contribution in [1.29, 1.82) is 0 Å². The number of hydrogen-bond acceptors (Lipinski definition) is 2. The van der Waals surface area contributed by atoms with Crippen molar-refractivity contribution >= 4 is 18.5 Å². The summed E-state index contributed by atoms with van der Waals surface area (Å²) in [5, 5.41) is 0. The van der Waals surface area contributed by atoms with E-state index in [0.29, 0.717) is 0 Å². The van der Waals surface area contributed by atoms with E-state index >= 15 is 0 Å². The number of nitrogens with zero attached hydrogens (tertiary/aromatic N) is 2. The third-order valence-corrected chi connectivity index (χ3v) is 3.01. The van der Waals surface area contributed by atoms with Crippen molar-refractivity contribution in [3.05, 3.63) is 30.1 Å². The first-order valence-electron chi connectivity index (χ1n) is 6.17. The van der Waals surface area contributed by atoms with Gasteiger partial charge in [0.25, 0.3) is 0 Å². The molecule has 1 saturated carbocycles. The molecule has 1 aromatic heterocycles. The van der Waals surface area contributed by atoms with Crippen LogP contribution in [0.4, 0.5) is 5.69 Å². The van der Waals surface area contributed by atoms with E-state index in [1.165, 1.54) is 12.8 Å². The Morgan fingerprint density at radius 2 is 2.35 bits per heavy atom. The van der Waals surface area contributed by atoms with Crippen molar-refractivity contribution < 1.29 is 4.58 Å². The summed E-state index contributed by atoms with van der Waals surface area (Å²) in [6.07, 6.45) is 11.4. The van der Waals surface area contributed by atoms with Crippen LogP contribution >= 0.6 is 0 Å². The third kappa shape index (κ3) is 4.02. The summed E-state index contributed by atoms with van der Waals surface area (Å²) >= 11 is 0. The van der Waals surface area contributed by atoms with Crippen LogP contribution in [0.5, 0.6) is 0 Å². The maximum absolute atomic E-state index is 5.82. The van der Waals surface area contributed by atoms with Gasteiger partial charge in [-0.05, 0) is 18.9 Å². The molecular formula is C14H20N3+. The van der Waals surface area contributed by atoms with Crippen LogP contribution in [-0.2, 0) is 0 Å². The second-order valence-corrected chi connectivity index (χ2v) is 4.72. The van der Waals surface area contributed by atoms with Gasteiger partial charge in [-0.1, -0.05) is 12.2 Å². The van der Waals surface area contributed by atoms with Gasteiger partial charge in [-0.15, -0.1) is 0 Å². The molecule has 0 atom stereocenters. The Morgan fingerprint density at radius 3 is 3.06 bits per heavy atom. The first-order chi connectivity index (χ1) is 8.25. The summed E-state index contributed by atoms with van der Waals surface area (Å²) in [4.78, 5) is 4.05. The third-order valence-electron chi connectivity index (χ3n) is 3.01. The lowest BCUT2D eigenvalue weighted by atomic mass is 10.2. The van der Waals surface area contributed by atoms with Crippen LogP contribution in [0, 0.1) is 5.92 Å². The van der Waals surface area contributed by atoms with E-state index in [-0.39, 0.29) is 0 Å². The standard InChI is InChI=1S/C14H20N3/c1-17(11-12-5-6-12)9-3-2-4-13-10-16-8-7-14(13)15/h2,4,7-8,10,12H,1,3,5-6,9,11H2,(H2,15,16)/q+1. The summed E-state index contributed by atoms with van der Waals surface area (Å²) in [5.74, 6) is 0.908. The van der Waals surface area contributed by atoms with Crippen molar-refractivity contribution in [1.82, 2.24) is 4.98 Å². The van der Waals surface area contributed by atoms with Gasteiger partial charge in [0.15, 0.2) is 0 Å². The predicted molar refractivity (Wildman–Crippen MR) is 72.1 cm³/mol. The van der Waals surface area contributed by atoms with Gasteiger partial charge in [-0.25, -0.2) is 4.58 Å². The molecule has 0 amide bonds. The minimum absolute atomic E-state index is 0.778. The number of pyridine rings is 1. The Balaban J connectivity index is 1.73. The molecule has 3 nitrogen and oxygen atoms in total. The molecule has 90 valence electrons. The van der Waals surface area contributed by atoms with E-state index in [0.717, 1.165) is 36.7 Å². The largest absolute Gasteiger partial charge is 0.398 e. The van der Waals surface area contributed by atoms with Crippen LogP contribution in [-0.4, -0.2) is 29.4 Å². The zero-order valence-corrected chi connectivity index (χ0v) is 10.2. The number of nitrogen functional groups attached to an aromatic ring is 1. The van der Waals surface area contributed by atoms with Crippen LogP contribution in [0.3, 0.4) is 0 Å². The van der Waals surface area contributed by atoms with Gasteiger partial charge in [-0.2, -0.15) is 0 Å². The number of anilines is 1. The van der Waals surface area contributed by atoms with Crippen LogP contribution in [0.25, 0.3) is 6.08 Å². The van der Waals surface area contributed by atoms with Crippen molar-refractivity contribution in [2.75, 3.05) is 18.8 Å². The zero-order chi connectivity index (χ0) is 12.1. The highest BCUT2D eigenvalue weighted by molar-refractivity contribution is 5.62. The summed E-state index contributed by atoms with van der Waals surface area (Å²) < 4.78 is 2.16. The highest BCUT2D eigenvalue weighted by atomic mass is 15.0. The fourth-order valence-electron chi connectivity index (χ4n) is 1.78. The second-order valence-electron chi connectivity index (χ2n) is 4.72. The highest BCUT2D eigenvalue weighted by Crippen LogP contribution is 2.28. The second kappa shape index (κ2) is 5.62. The molecule has 0 bridgehead atoms. The van der Waals surface area contributed by atoms with Crippen LogP contribution < -0.4 is 5.73 Å². The van der Waals surface area contributed by atoms with Crippen LogP contribution in [0.2, 0.25) is 0 Å². The van der Waals surface area contributed by atoms with E-state index < -0.39 is 0 Å². The van der Waals surface area contributed by atoms with Gasteiger partial charge in [0, 0.05) is 36.0 Å². The van der Waals surface area contributed by atoms with Crippen molar-refractivity contribution in [2.45, 2.75) is 19.3 Å². The molecule has 1 aliphatic carbocycles. The Labute approximate surface area is 103 Å². The average Bonchev–Trinajstić information content (AvgIpc) is 3.10. The number of nitrogens with two attached hydrogens (primary N) is 1. The quantitative estimate of drug-likeness (QED) is 0.601. The molecule has 0 saturated heterocycles. The fourth-order valence-corrected chi connectivity index (χ4v) is 1.78. The van der Waals surface area contributed by atoms with Gasteiger partial charge in [0.05, 0.1) is 0 Å². The molecule has 0 radical (unpaired) electrons. The minimum atomic E-state index is 0.778. The molecule has 0 spiro atoms. The Morgan fingerprint density at radius 1 is 1.53 bits per heavy atom. The normalized spacial score (nSPS) is 15.3. The van der Waals surface area contributed by atoms with Crippen LogP contribution in [0.15, 0.2) is 24.5 Å². The first-order valence-corrected chi connectivity index (χ1v) is 6.17. The molecule has 2 rings (SSSR count). The van der Waals surface area contributed by atoms with Gasteiger partial charge in [0.2, 0.25) is 0 Å². The maximum Gasteiger partial charge on any atom is 0.145 e.